The van der Waals surface area contributed by atoms with Crippen molar-refractivity contribution in [3.63, 3.8) is 0 Å². The Bertz CT molecular complexity index is 736. The fourth-order valence-corrected chi connectivity index (χ4v) is 2.30. The van der Waals surface area contributed by atoms with Gasteiger partial charge < -0.3 is 19.6 Å². The Balaban J connectivity index is 1.93. The minimum Gasteiger partial charge on any atom is -0.457 e. The Kier molecular flexibility index (Phi) is 6.64. The number of hydrogen-bond donors (Lipinski definition) is 1. The van der Waals surface area contributed by atoms with Gasteiger partial charge in [-0.15, -0.1) is 0 Å². The van der Waals surface area contributed by atoms with Crippen molar-refractivity contribution in [3.8, 4) is 11.5 Å². The average molecular weight is 376 g/mol. The lowest BCUT2D eigenvalue weighted by Crippen LogP contribution is -2.41. The van der Waals surface area contributed by atoms with Gasteiger partial charge in [-0.3, -0.25) is 0 Å². The maximum absolute atomic E-state index is 11.8. The fourth-order valence-electron chi connectivity index (χ4n) is 2.18. The predicted molar refractivity (Wildman–Crippen MR) is 101 cm³/mol. The van der Waals surface area contributed by atoms with Crippen LogP contribution in [0.4, 0.5) is 4.79 Å². The molecule has 0 radical (unpaired) electrons. The molecule has 0 spiro atoms. The topological polar surface area (TPSA) is 64.6 Å². The second kappa shape index (κ2) is 8.72. The van der Waals surface area contributed by atoms with E-state index in [9.17, 15) is 9.59 Å². The zero-order valence-electron chi connectivity index (χ0n) is 15.0. The second-order valence-corrected chi connectivity index (χ2v) is 7.23. The normalized spacial score (nSPS) is 12.2. The fraction of sp³-hybridized carbons (Fsp3) is 0.300. The van der Waals surface area contributed by atoms with Crippen molar-refractivity contribution in [2.45, 2.75) is 38.8 Å². The number of ether oxygens (including phenoxy) is 2. The first kappa shape index (κ1) is 19.8. The van der Waals surface area contributed by atoms with E-state index < -0.39 is 17.7 Å². The molecule has 2 aromatic rings. The van der Waals surface area contributed by atoms with Gasteiger partial charge in [0, 0.05) is 5.02 Å². The van der Waals surface area contributed by atoms with Gasteiger partial charge in [0.15, 0.2) is 0 Å². The van der Waals surface area contributed by atoms with Gasteiger partial charge >= 0.3 is 6.09 Å². The van der Waals surface area contributed by atoms with Gasteiger partial charge in [-0.1, -0.05) is 23.7 Å². The molecule has 0 heterocycles. The summed E-state index contributed by atoms with van der Waals surface area (Å²) in [4.78, 5) is 23.0. The number of amides is 1. The van der Waals surface area contributed by atoms with Crippen LogP contribution >= 0.6 is 11.6 Å². The Morgan fingerprint density at radius 3 is 2.12 bits per heavy atom. The number of carbonyl (C=O) groups is 2. The molecule has 5 nitrogen and oxygen atoms in total. The van der Waals surface area contributed by atoms with E-state index in [2.05, 4.69) is 5.32 Å². The molecule has 0 aromatic heterocycles. The van der Waals surface area contributed by atoms with E-state index in [1.54, 1.807) is 57.2 Å². The van der Waals surface area contributed by atoms with Crippen LogP contribution in [0.2, 0.25) is 5.02 Å². The molecule has 6 heteroatoms. The molecule has 0 aliphatic rings. The zero-order chi connectivity index (χ0) is 19.2. The van der Waals surface area contributed by atoms with Crippen LogP contribution in [0.15, 0.2) is 48.5 Å². The summed E-state index contributed by atoms with van der Waals surface area (Å²) < 4.78 is 10.9. The summed E-state index contributed by atoms with van der Waals surface area (Å²) in [6, 6.07) is 13.7. The largest absolute Gasteiger partial charge is 0.457 e. The molecule has 0 saturated carbocycles. The van der Waals surface area contributed by atoms with Crippen molar-refractivity contribution in [2.75, 3.05) is 0 Å². The number of aldehydes is 1. The highest BCUT2D eigenvalue weighted by Gasteiger charge is 2.19. The van der Waals surface area contributed by atoms with Gasteiger partial charge in [0.2, 0.25) is 0 Å². The molecule has 0 saturated heterocycles. The third-order valence-corrected chi connectivity index (χ3v) is 3.55. The minimum atomic E-state index is -0.659. The van der Waals surface area contributed by atoms with E-state index >= 15 is 0 Å². The van der Waals surface area contributed by atoms with Crippen LogP contribution in [0.1, 0.15) is 26.3 Å². The highest BCUT2D eigenvalue weighted by atomic mass is 35.5. The smallest absolute Gasteiger partial charge is 0.408 e. The van der Waals surface area contributed by atoms with E-state index in [4.69, 9.17) is 21.1 Å². The molecular weight excluding hydrogens is 354 g/mol. The molecular formula is C20H22ClNO4. The van der Waals surface area contributed by atoms with E-state index in [-0.39, 0.29) is 0 Å². The van der Waals surface area contributed by atoms with Gasteiger partial charge in [-0.05, 0) is 69.2 Å². The molecule has 1 atom stereocenters. The summed E-state index contributed by atoms with van der Waals surface area (Å²) >= 11 is 5.85. The van der Waals surface area contributed by atoms with Crippen molar-refractivity contribution in [2.24, 2.45) is 0 Å². The first-order chi connectivity index (χ1) is 12.2. The number of hydrogen-bond acceptors (Lipinski definition) is 4. The van der Waals surface area contributed by atoms with Crippen LogP contribution in [-0.4, -0.2) is 24.0 Å². The summed E-state index contributed by atoms with van der Waals surface area (Å²) in [7, 11) is 0. The molecule has 0 bridgehead atoms. The SMILES string of the molecule is CC(C)(C)OC(=O)NC(C=O)Cc1ccc(Oc2ccc(Cl)cc2)cc1. The molecule has 0 aliphatic heterocycles. The van der Waals surface area contributed by atoms with Crippen LogP contribution in [0.25, 0.3) is 0 Å². The maximum Gasteiger partial charge on any atom is 0.408 e. The van der Waals surface area contributed by atoms with E-state index in [0.29, 0.717) is 29.2 Å². The molecule has 0 aliphatic carbocycles. The van der Waals surface area contributed by atoms with Crippen molar-refractivity contribution < 1.29 is 19.1 Å². The number of alkyl carbamates (subject to hydrolysis) is 1. The number of benzene rings is 2. The summed E-state index contributed by atoms with van der Waals surface area (Å²) in [5.74, 6) is 1.35. The maximum atomic E-state index is 11.8. The van der Waals surface area contributed by atoms with Crippen molar-refractivity contribution in [1.29, 1.82) is 0 Å². The Morgan fingerprint density at radius 1 is 1.08 bits per heavy atom. The lowest BCUT2D eigenvalue weighted by molar-refractivity contribution is -0.109. The molecule has 1 N–H and O–H groups in total. The van der Waals surface area contributed by atoms with Crippen LogP contribution in [0, 0.1) is 0 Å². The van der Waals surface area contributed by atoms with Gasteiger partial charge in [0.05, 0.1) is 6.04 Å². The quantitative estimate of drug-likeness (QED) is 0.739. The number of halogens is 1. The van der Waals surface area contributed by atoms with Gasteiger partial charge in [-0.2, -0.15) is 0 Å². The average Bonchev–Trinajstić information content (AvgIpc) is 2.56. The van der Waals surface area contributed by atoms with Gasteiger partial charge in [0.1, 0.15) is 23.4 Å². The van der Waals surface area contributed by atoms with E-state index in [1.165, 1.54) is 0 Å². The van der Waals surface area contributed by atoms with Crippen molar-refractivity contribution >= 4 is 24.0 Å². The summed E-state index contributed by atoms with van der Waals surface area (Å²) in [6.07, 6.45) is 0.448. The molecule has 1 unspecified atom stereocenters. The third kappa shape index (κ3) is 6.76. The Morgan fingerprint density at radius 2 is 1.62 bits per heavy atom. The molecule has 2 aromatic carbocycles. The second-order valence-electron chi connectivity index (χ2n) is 6.79. The summed E-state index contributed by atoms with van der Waals surface area (Å²) in [5, 5.41) is 3.20. The molecule has 0 fully saturated rings. The van der Waals surface area contributed by atoms with Crippen LogP contribution in [-0.2, 0) is 16.0 Å². The van der Waals surface area contributed by atoms with Crippen LogP contribution in [0.3, 0.4) is 0 Å². The monoisotopic (exact) mass is 375 g/mol. The summed E-state index contributed by atoms with van der Waals surface area (Å²) in [5.41, 5.74) is 0.277. The zero-order valence-corrected chi connectivity index (χ0v) is 15.7. The predicted octanol–water partition coefficient (Wildman–Crippen LogP) is 4.77. The van der Waals surface area contributed by atoms with E-state index in [1.807, 2.05) is 12.1 Å². The number of carbonyl (C=O) groups excluding carboxylic acids is 2. The lowest BCUT2D eigenvalue weighted by atomic mass is 10.1. The van der Waals surface area contributed by atoms with Crippen molar-refractivity contribution in [3.05, 3.63) is 59.1 Å². The molecule has 2 rings (SSSR count). The Labute approximate surface area is 158 Å². The van der Waals surface area contributed by atoms with Crippen LogP contribution in [0.5, 0.6) is 11.5 Å². The summed E-state index contributed by atoms with van der Waals surface area (Å²) in [6.45, 7) is 5.30. The first-order valence-electron chi connectivity index (χ1n) is 8.22. The van der Waals surface area contributed by atoms with E-state index in [0.717, 1.165) is 5.56 Å². The standard InChI is InChI=1S/C20H22ClNO4/c1-20(2,3)26-19(24)22-16(13-23)12-14-4-8-17(9-5-14)25-18-10-6-15(21)7-11-18/h4-11,13,16H,12H2,1-3H3,(H,22,24). The van der Waals surface area contributed by atoms with Gasteiger partial charge in [0.25, 0.3) is 0 Å². The third-order valence-electron chi connectivity index (χ3n) is 3.29. The Hall–Kier alpha value is -2.53. The number of rotatable bonds is 6. The highest BCUT2D eigenvalue weighted by Crippen LogP contribution is 2.23. The van der Waals surface area contributed by atoms with Crippen LogP contribution < -0.4 is 10.1 Å². The first-order valence-corrected chi connectivity index (χ1v) is 8.60. The molecule has 1 amide bonds. The minimum absolute atomic E-state index is 0.365. The number of nitrogens with one attached hydrogen (secondary N) is 1. The van der Waals surface area contributed by atoms with Crippen molar-refractivity contribution in [1.82, 2.24) is 5.32 Å². The highest BCUT2D eigenvalue weighted by molar-refractivity contribution is 6.30. The molecule has 26 heavy (non-hydrogen) atoms. The molecule has 138 valence electrons. The van der Waals surface area contributed by atoms with Gasteiger partial charge in [-0.25, -0.2) is 4.79 Å². The lowest BCUT2D eigenvalue weighted by Gasteiger charge is -2.21.